The van der Waals surface area contributed by atoms with Gasteiger partial charge in [-0.15, -0.1) is 0 Å². The third-order valence-electron chi connectivity index (χ3n) is 3.02. The van der Waals surface area contributed by atoms with E-state index < -0.39 is 12.0 Å². The Hall–Kier alpha value is -1.08. The number of hydrogen-bond donors (Lipinski definition) is 2. The number of aliphatic carboxylic acids is 1. The minimum Gasteiger partial charge on any atom is -0.480 e. The molecule has 108 valence electrons. The fraction of sp³-hybridized carbons (Fsp3) is 0.750. The number of carboxylic acid groups (broad SMARTS) is 1. The molecule has 0 aromatic heterocycles. The van der Waals surface area contributed by atoms with Gasteiger partial charge in [0.1, 0.15) is 6.04 Å². The second kappa shape index (κ2) is 7.49. The molecule has 0 aromatic carbocycles. The summed E-state index contributed by atoms with van der Waals surface area (Å²) >= 11 is 1.22. The van der Waals surface area contributed by atoms with Crippen molar-refractivity contribution in [2.45, 2.75) is 43.9 Å². The van der Waals surface area contributed by atoms with E-state index in [0.717, 1.165) is 6.42 Å². The third-order valence-corrected chi connectivity index (χ3v) is 4.00. The number of unbranched alkanes of at least 4 members (excludes halogenated alkanes) is 1. The van der Waals surface area contributed by atoms with Crippen LogP contribution in [0, 0.1) is 0 Å². The number of likely N-dealkylation sites (tertiary alicyclic amines) is 1. The fourth-order valence-corrected chi connectivity index (χ4v) is 3.01. The number of nitrogens with two attached hydrogens (primary N) is 1. The number of carbonyl (C=O) groups excluding carboxylic acids is 2. The van der Waals surface area contributed by atoms with Crippen molar-refractivity contribution >= 4 is 28.8 Å². The Morgan fingerprint density at radius 3 is 2.79 bits per heavy atom. The van der Waals surface area contributed by atoms with Gasteiger partial charge in [-0.25, -0.2) is 0 Å². The minimum absolute atomic E-state index is 0.0343. The third kappa shape index (κ3) is 5.61. The van der Waals surface area contributed by atoms with E-state index in [9.17, 15) is 14.4 Å². The first-order valence-corrected chi connectivity index (χ1v) is 7.21. The van der Waals surface area contributed by atoms with Crippen molar-refractivity contribution in [1.29, 1.82) is 0 Å². The van der Waals surface area contributed by atoms with Crippen molar-refractivity contribution in [3.05, 3.63) is 0 Å². The highest BCUT2D eigenvalue weighted by molar-refractivity contribution is 8.14. The lowest BCUT2D eigenvalue weighted by atomic mass is 10.1. The van der Waals surface area contributed by atoms with Crippen LogP contribution in [0.1, 0.15) is 32.6 Å². The largest absolute Gasteiger partial charge is 0.480 e. The van der Waals surface area contributed by atoms with Crippen LogP contribution < -0.4 is 5.73 Å². The van der Waals surface area contributed by atoms with E-state index in [-0.39, 0.29) is 16.3 Å². The lowest BCUT2D eigenvalue weighted by molar-refractivity contribution is -0.138. The first-order chi connectivity index (χ1) is 8.90. The number of hydrogen-bond acceptors (Lipinski definition) is 5. The standard InChI is InChI=1S/C12H20N2O4S/c1-8(15)19-9-6-11(16)14(7-9)5-3-2-4-10(13)12(17)18/h9-10H,2-7,13H2,1H3,(H,17,18). The molecule has 3 N–H and O–H groups in total. The molecule has 0 saturated carbocycles. The van der Waals surface area contributed by atoms with Crippen molar-refractivity contribution in [1.82, 2.24) is 4.90 Å². The summed E-state index contributed by atoms with van der Waals surface area (Å²) in [6.45, 7) is 2.72. The zero-order valence-corrected chi connectivity index (χ0v) is 11.8. The fourth-order valence-electron chi connectivity index (χ4n) is 2.06. The van der Waals surface area contributed by atoms with Crippen LogP contribution in [0.2, 0.25) is 0 Å². The number of carboxylic acids is 1. The van der Waals surface area contributed by atoms with Gasteiger partial charge in [-0.2, -0.15) is 0 Å². The molecule has 2 unspecified atom stereocenters. The number of thioether (sulfide) groups is 1. The number of carbonyl (C=O) groups is 3. The van der Waals surface area contributed by atoms with Crippen molar-refractivity contribution in [3.8, 4) is 0 Å². The van der Waals surface area contributed by atoms with Crippen molar-refractivity contribution < 1.29 is 19.5 Å². The molecule has 0 spiro atoms. The lowest BCUT2D eigenvalue weighted by Crippen LogP contribution is -2.30. The first-order valence-electron chi connectivity index (χ1n) is 6.33. The second-order valence-electron chi connectivity index (χ2n) is 4.72. The zero-order chi connectivity index (χ0) is 14.4. The Labute approximate surface area is 116 Å². The summed E-state index contributed by atoms with van der Waals surface area (Å²) in [4.78, 5) is 34.9. The second-order valence-corrected chi connectivity index (χ2v) is 6.19. The van der Waals surface area contributed by atoms with Crippen LogP contribution in [-0.2, 0) is 14.4 Å². The van der Waals surface area contributed by atoms with E-state index in [0.29, 0.717) is 32.4 Å². The highest BCUT2D eigenvalue weighted by Gasteiger charge is 2.30. The van der Waals surface area contributed by atoms with Crippen molar-refractivity contribution in [2.75, 3.05) is 13.1 Å². The highest BCUT2D eigenvalue weighted by Crippen LogP contribution is 2.24. The molecule has 1 aliphatic rings. The molecule has 1 heterocycles. The summed E-state index contributed by atoms with van der Waals surface area (Å²) in [6, 6.07) is -0.824. The molecule has 7 heteroatoms. The van der Waals surface area contributed by atoms with Gasteiger partial charge in [0.05, 0.1) is 0 Å². The average Bonchev–Trinajstić information content (AvgIpc) is 2.63. The molecule has 1 saturated heterocycles. The van der Waals surface area contributed by atoms with Gasteiger partial charge >= 0.3 is 5.97 Å². The smallest absolute Gasteiger partial charge is 0.320 e. The predicted molar refractivity (Wildman–Crippen MR) is 72.7 cm³/mol. The van der Waals surface area contributed by atoms with E-state index in [2.05, 4.69) is 0 Å². The Morgan fingerprint density at radius 1 is 1.53 bits per heavy atom. The summed E-state index contributed by atoms with van der Waals surface area (Å²) in [7, 11) is 0. The van der Waals surface area contributed by atoms with E-state index in [1.807, 2.05) is 0 Å². The number of amides is 1. The maximum absolute atomic E-state index is 11.7. The van der Waals surface area contributed by atoms with E-state index >= 15 is 0 Å². The highest BCUT2D eigenvalue weighted by atomic mass is 32.2. The van der Waals surface area contributed by atoms with Gasteiger partial charge in [0.15, 0.2) is 5.12 Å². The van der Waals surface area contributed by atoms with Gasteiger partial charge in [-0.3, -0.25) is 14.4 Å². The quantitative estimate of drug-likeness (QED) is 0.660. The summed E-state index contributed by atoms with van der Waals surface area (Å²) in [5.74, 6) is -0.920. The maximum Gasteiger partial charge on any atom is 0.320 e. The van der Waals surface area contributed by atoms with Gasteiger partial charge in [-0.1, -0.05) is 11.8 Å². The Kier molecular flexibility index (Phi) is 6.30. The summed E-state index contributed by atoms with van der Waals surface area (Å²) in [5, 5.41) is 8.73. The van der Waals surface area contributed by atoms with Gasteiger partial charge in [-0.05, 0) is 19.3 Å². The SMILES string of the molecule is CC(=O)SC1CC(=O)N(CCCCC(N)C(=O)O)C1. The number of rotatable bonds is 7. The lowest BCUT2D eigenvalue weighted by Gasteiger charge is -2.16. The molecular weight excluding hydrogens is 268 g/mol. The number of nitrogens with zero attached hydrogens (tertiary/aromatic N) is 1. The van der Waals surface area contributed by atoms with Gasteiger partial charge in [0.2, 0.25) is 5.91 Å². The van der Waals surface area contributed by atoms with Crippen molar-refractivity contribution in [3.63, 3.8) is 0 Å². The van der Waals surface area contributed by atoms with Crippen LogP contribution in [-0.4, -0.2) is 51.4 Å². The molecule has 1 amide bonds. The van der Waals surface area contributed by atoms with E-state index in [1.165, 1.54) is 18.7 Å². The van der Waals surface area contributed by atoms with Crippen LogP contribution >= 0.6 is 11.8 Å². The van der Waals surface area contributed by atoms with Gasteiger partial charge in [0.25, 0.3) is 0 Å². The molecule has 6 nitrogen and oxygen atoms in total. The monoisotopic (exact) mass is 288 g/mol. The molecule has 2 atom stereocenters. The molecule has 19 heavy (non-hydrogen) atoms. The van der Waals surface area contributed by atoms with Crippen LogP contribution in [0.15, 0.2) is 0 Å². The summed E-state index contributed by atoms with van der Waals surface area (Å²) in [6.07, 6.45) is 2.26. The van der Waals surface area contributed by atoms with Gasteiger partial charge < -0.3 is 15.7 Å². The van der Waals surface area contributed by atoms with Crippen LogP contribution in [0.4, 0.5) is 0 Å². The molecule has 0 bridgehead atoms. The van der Waals surface area contributed by atoms with Gasteiger partial charge in [0, 0.05) is 31.7 Å². The molecule has 1 rings (SSSR count). The Morgan fingerprint density at radius 2 is 2.21 bits per heavy atom. The van der Waals surface area contributed by atoms with Crippen LogP contribution in [0.5, 0.6) is 0 Å². The molecule has 0 radical (unpaired) electrons. The Balaban J connectivity index is 2.21. The van der Waals surface area contributed by atoms with Crippen LogP contribution in [0.25, 0.3) is 0 Å². The summed E-state index contributed by atoms with van der Waals surface area (Å²) in [5.41, 5.74) is 5.39. The first kappa shape index (κ1) is 16.0. The molecule has 0 aromatic rings. The Bertz CT molecular complexity index is 362. The topological polar surface area (TPSA) is 101 Å². The minimum atomic E-state index is -0.991. The van der Waals surface area contributed by atoms with Crippen molar-refractivity contribution in [2.24, 2.45) is 5.73 Å². The van der Waals surface area contributed by atoms with E-state index in [1.54, 1.807) is 4.90 Å². The summed E-state index contributed by atoms with van der Waals surface area (Å²) < 4.78 is 0. The average molecular weight is 288 g/mol. The zero-order valence-electron chi connectivity index (χ0n) is 11.0. The molecule has 1 aliphatic heterocycles. The molecular formula is C12H20N2O4S. The molecule has 0 aliphatic carbocycles. The van der Waals surface area contributed by atoms with E-state index in [4.69, 9.17) is 10.8 Å². The predicted octanol–water partition coefficient (Wildman–Crippen LogP) is 0.449. The maximum atomic E-state index is 11.7. The van der Waals surface area contributed by atoms with Crippen LogP contribution in [0.3, 0.4) is 0 Å². The molecule has 1 fully saturated rings. The normalized spacial score (nSPS) is 20.6.